The number of nitro groups is 1. The molecule has 1 aromatic carbocycles. The van der Waals surface area contributed by atoms with E-state index in [1.165, 1.54) is 35.6 Å². The highest BCUT2D eigenvalue weighted by molar-refractivity contribution is 7.25. The molecule has 0 fully saturated rings. The highest BCUT2D eigenvalue weighted by Crippen LogP contribution is 2.32. The van der Waals surface area contributed by atoms with Crippen molar-refractivity contribution < 1.29 is 9.66 Å². The third kappa shape index (κ3) is 2.84. The van der Waals surface area contributed by atoms with E-state index >= 15 is 0 Å². The van der Waals surface area contributed by atoms with E-state index in [2.05, 4.69) is 15.3 Å². The molecule has 4 aromatic rings. The number of non-ortho nitro benzene ring substituents is 1. The molecular weight excluding hydrogens is 370 g/mol. The van der Waals surface area contributed by atoms with Crippen molar-refractivity contribution in [1.29, 1.82) is 0 Å². The quantitative estimate of drug-likeness (QED) is 0.393. The number of rotatable bonds is 4. The van der Waals surface area contributed by atoms with Crippen molar-refractivity contribution in [2.45, 2.75) is 13.5 Å². The number of nitrogens with zero attached hydrogens (tertiary/aromatic N) is 5. The van der Waals surface area contributed by atoms with E-state index in [4.69, 9.17) is 4.74 Å². The van der Waals surface area contributed by atoms with Crippen LogP contribution in [0, 0.1) is 17.0 Å². The van der Waals surface area contributed by atoms with Crippen molar-refractivity contribution in [3.63, 3.8) is 0 Å². The number of fused-ring (bicyclic) bond motifs is 3. The average Bonchev–Trinajstić information content (AvgIpc) is 3.01. The number of hydrogen-bond donors (Lipinski definition) is 0. The molecule has 0 aliphatic carbocycles. The van der Waals surface area contributed by atoms with Crippen LogP contribution in [-0.4, -0.2) is 32.0 Å². The molecular formula is C17H13N5O4S. The molecule has 0 bridgehead atoms. The van der Waals surface area contributed by atoms with Gasteiger partial charge in [-0.25, -0.2) is 4.98 Å². The molecule has 0 saturated carbocycles. The van der Waals surface area contributed by atoms with Gasteiger partial charge in [-0.15, -0.1) is 16.4 Å². The van der Waals surface area contributed by atoms with E-state index in [9.17, 15) is 14.9 Å². The molecule has 4 rings (SSSR count). The summed E-state index contributed by atoms with van der Waals surface area (Å²) in [5, 5.41) is 19.8. The molecule has 0 N–H and O–H groups in total. The minimum Gasteiger partial charge on any atom is -0.380 e. The zero-order valence-electron chi connectivity index (χ0n) is 14.4. The van der Waals surface area contributed by atoms with Gasteiger partial charge in [0.1, 0.15) is 15.0 Å². The average molecular weight is 383 g/mol. The van der Waals surface area contributed by atoms with Crippen LogP contribution >= 0.6 is 11.3 Å². The lowest BCUT2D eigenvalue weighted by molar-refractivity contribution is -0.384. The van der Waals surface area contributed by atoms with Crippen LogP contribution in [0.2, 0.25) is 0 Å². The van der Waals surface area contributed by atoms with Crippen LogP contribution in [0.15, 0.2) is 35.1 Å². The summed E-state index contributed by atoms with van der Waals surface area (Å²) in [7, 11) is 1.60. The van der Waals surface area contributed by atoms with E-state index in [1.54, 1.807) is 7.11 Å². The van der Waals surface area contributed by atoms with Gasteiger partial charge >= 0.3 is 0 Å². The zero-order valence-corrected chi connectivity index (χ0v) is 15.2. The third-order valence-corrected chi connectivity index (χ3v) is 5.13. The maximum atomic E-state index is 12.9. The molecule has 0 unspecified atom stereocenters. The second-order valence-corrected chi connectivity index (χ2v) is 6.89. The van der Waals surface area contributed by atoms with Crippen molar-refractivity contribution in [2.75, 3.05) is 7.11 Å². The Balaban J connectivity index is 1.94. The number of aryl methyl sites for hydroxylation is 1. The summed E-state index contributed by atoms with van der Waals surface area (Å²) in [5.41, 5.74) is 2.19. The Morgan fingerprint density at radius 1 is 1.30 bits per heavy atom. The lowest BCUT2D eigenvalue weighted by Gasteiger charge is -2.04. The van der Waals surface area contributed by atoms with Gasteiger partial charge in [0.15, 0.2) is 0 Å². The molecule has 0 radical (unpaired) electrons. The summed E-state index contributed by atoms with van der Waals surface area (Å²) in [6.07, 6.45) is 0. The van der Waals surface area contributed by atoms with Gasteiger partial charge in [0.2, 0.25) is 0 Å². The van der Waals surface area contributed by atoms with Crippen molar-refractivity contribution in [3.05, 3.63) is 62.1 Å². The summed E-state index contributed by atoms with van der Waals surface area (Å²) in [4.78, 5) is 28.4. The van der Waals surface area contributed by atoms with Crippen molar-refractivity contribution in [3.8, 4) is 5.69 Å². The number of pyridine rings is 1. The smallest absolute Gasteiger partial charge is 0.292 e. The number of ether oxygens (including phenoxy) is 1. The molecule has 3 heterocycles. The molecule has 0 spiro atoms. The number of hydrogen-bond acceptors (Lipinski definition) is 8. The van der Waals surface area contributed by atoms with Crippen LogP contribution in [0.4, 0.5) is 5.69 Å². The number of thiophene rings is 1. The predicted octanol–water partition coefficient (Wildman–Crippen LogP) is 2.75. The summed E-state index contributed by atoms with van der Waals surface area (Å²) in [6, 6.07) is 7.47. The fourth-order valence-electron chi connectivity index (χ4n) is 2.92. The lowest BCUT2D eigenvalue weighted by atomic mass is 10.1. The monoisotopic (exact) mass is 383 g/mol. The Kier molecular flexibility index (Phi) is 4.13. The molecule has 0 amide bonds. The Morgan fingerprint density at radius 3 is 2.70 bits per heavy atom. The number of aromatic nitrogens is 4. The minimum absolute atomic E-state index is 0.0634. The number of methoxy groups -OCH3 is 1. The van der Waals surface area contributed by atoms with E-state index in [-0.39, 0.29) is 11.2 Å². The third-order valence-electron chi connectivity index (χ3n) is 4.07. The maximum absolute atomic E-state index is 12.9. The first-order valence-corrected chi connectivity index (χ1v) is 8.73. The topological polar surface area (TPSA) is 113 Å². The van der Waals surface area contributed by atoms with E-state index in [1.807, 2.05) is 13.0 Å². The molecule has 0 saturated heterocycles. The van der Waals surface area contributed by atoms with Gasteiger partial charge in [-0.3, -0.25) is 14.9 Å². The Labute approximate surface area is 156 Å². The summed E-state index contributed by atoms with van der Waals surface area (Å²) in [5.74, 6) is 0. The van der Waals surface area contributed by atoms with E-state index in [0.29, 0.717) is 27.3 Å². The van der Waals surface area contributed by atoms with Gasteiger partial charge in [-0.2, -0.15) is 4.68 Å². The van der Waals surface area contributed by atoms with Gasteiger partial charge in [0, 0.05) is 30.3 Å². The molecule has 0 aliphatic heterocycles. The first-order chi connectivity index (χ1) is 13.0. The summed E-state index contributed by atoms with van der Waals surface area (Å²) < 4.78 is 6.81. The normalized spacial score (nSPS) is 11.3. The maximum Gasteiger partial charge on any atom is 0.292 e. The first-order valence-electron chi connectivity index (χ1n) is 7.92. The molecule has 10 heteroatoms. The standard InChI is InChI=1S/C17H13N5O4S/c1-9-7-10(8-26-2)13-14-15(27-16(13)18-9)17(23)21(20-19-14)11-3-5-12(6-4-11)22(24)25/h3-7H,8H2,1-2H3. The number of nitro benzene ring substituents is 1. The molecule has 0 atom stereocenters. The number of benzene rings is 1. The van der Waals surface area contributed by atoms with Crippen LogP contribution in [-0.2, 0) is 11.3 Å². The Bertz CT molecular complexity index is 1250. The van der Waals surface area contributed by atoms with E-state index in [0.717, 1.165) is 21.3 Å². The molecule has 136 valence electrons. The largest absolute Gasteiger partial charge is 0.380 e. The molecule has 0 aliphatic rings. The van der Waals surface area contributed by atoms with Gasteiger partial charge in [-0.05, 0) is 30.7 Å². The Morgan fingerprint density at radius 2 is 2.04 bits per heavy atom. The second-order valence-electron chi connectivity index (χ2n) is 5.90. The van der Waals surface area contributed by atoms with Crippen molar-refractivity contribution >= 4 is 37.5 Å². The fraction of sp³-hybridized carbons (Fsp3) is 0.176. The molecule has 27 heavy (non-hydrogen) atoms. The predicted molar refractivity (Wildman–Crippen MR) is 100 cm³/mol. The highest BCUT2D eigenvalue weighted by atomic mass is 32.1. The van der Waals surface area contributed by atoms with Crippen LogP contribution < -0.4 is 5.56 Å². The highest BCUT2D eigenvalue weighted by Gasteiger charge is 2.18. The van der Waals surface area contributed by atoms with Gasteiger partial charge in [0.05, 0.1) is 17.2 Å². The van der Waals surface area contributed by atoms with Gasteiger partial charge in [0.25, 0.3) is 11.2 Å². The van der Waals surface area contributed by atoms with E-state index < -0.39 is 4.92 Å². The van der Waals surface area contributed by atoms with Crippen molar-refractivity contribution in [2.24, 2.45) is 0 Å². The van der Waals surface area contributed by atoms with Crippen LogP contribution in [0.3, 0.4) is 0 Å². The molecule has 3 aromatic heterocycles. The van der Waals surface area contributed by atoms with Crippen LogP contribution in [0.25, 0.3) is 26.1 Å². The second kappa shape index (κ2) is 6.49. The van der Waals surface area contributed by atoms with Gasteiger partial charge < -0.3 is 4.74 Å². The van der Waals surface area contributed by atoms with Crippen LogP contribution in [0.5, 0.6) is 0 Å². The Hall–Kier alpha value is -3.24. The fourth-order valence-corrected chi connectivity index (χ4v) is 4.04. The summed E-state index contributed by atoms with van der Waals surface area (Å²) in [6.45, 7) is 2.25. The minimum atomic E-state index is -0.501. The molecule has 9 nitrogen and oxygen atoms in total. The summed E-state index contributed by atoms with van der Waals surface area (Å²) >= 11 is 1.25. The van der Waals surface area contributed by atoms with Crippen LogP contribution in [0.1, 0.15) is 11.3 Å². The lowest BCUT2D eigenvalue weighted by Crippen LogP contribution is -2.21. The van der Waals surface area contributed by atoms with Crippen molar-refractivity contribution in [1.82, 2.24) is 20.0 Å². The first kappa shape index (κ1) is 17.2. The zero-order chi connectivity index (χ0) is 19.1. The SMILES string of the molecule is COCc1cc(C)nc2sc3c(=O)n(-c4ccc([N+](=O)[O-])cc4)nnc3c12. The van der Waals surface area contributed by atoms with Gasteiger partial charge in [-0.1, -0.05) is 5.21 Å².